The summed E-state index contributed by atoms with van der Waals surface area (Å²) in [7, 11) is 1.44. The van der Waals surface area contributed by atoms with Crippen molar-refractivity contribution in [2.45, 2.75) is 6.61 Å². The van der Waals surface area contributed by atoms with E-state index in [0.29, 0.717) is 28.3 Å². The molecule has 0 bridgehead atoms. The number of hydrogen-bond acceptors (Lipinski definition) is 5. The van der Waals surface area contributed by atoms with Crippen LogP contribution in [0.15, 0.2) is 76.8 Å². The molecule has 7 nitrogen and oxygen atoms in total. The summed E-state index contributed by atoms with van der Waals surface area (Å²) in [5.41, 5.74) is 0.958. The van der Waals surface area contributed by atoms with Gasteiger partial charge in [0, 0.05) is 10.0 Å². The lowest BCUT2D eigenvalue weighted by Crippen LogP contribution is -2.54. The van der Waals surface area contributed by atoms with Gasteiger partial charge in [-0.05, 0) is 54.1 Å². The Balaban J connectivity index is 1.60. The summed E-state index contributed by atoms with van der Waals surface area (Å²) in [6.45, 7) is -0.00533. The third-order valence-corrected chi connectivity index (χ3v) is 5.55. The molecule has 1 N–H and O–H groups in total. The minimum atomic E-state index is -0.830. The Bertz CT molecular complexity index is 1310. The molecule has 1 saturated heterocycles. The molecule has 172 valence electrons. The van der Waals surface area contributed by atoms with Gasteiger partial charge in [-0.1, -0.05) is 40.2 Å². The maximum Gasteiger partial charge on any atom is 0.335 e. The second-order valence-electron chi connectivity index (χ2n) is 7.22. The molecule has 4 amide bonds. The minimum Gasteiger partial charge on any atom is -0.493 e. The van der Waals surface area contributed by atoms with Crippen LogP contribution in [0.2, 0.25) is 0 Å². The SMILES string of the molecule is COc1cc(C=C2C(=O)NC(=O)N(c3ccc(Br)cc3)C2=O)ccc1OCc1ccccc1F. The topological polar surface area (TPSA) is 84.9 Å². The Morgan fingerprint density at radius 2 is 1.74 bits per heavy atom. The number of urea groups is 1. The number of amides is 4. The summed E-state index contributed by atoms with van der Waals surface area (Å²) in [5, 5.41) is 2.18. The molecule has 1 aliphatic heterocycles. The number of benzene rings is 3. The summed E-state index contributed by atoms with van der Waals surface area (Å²) in [4.78, 5) is 38.7. The first-order valence-electron chi connectivity index (χ1n) is 10.1. The molecule has 4 rings (SSSR count). The van der Waals surface area contributed by atoms with E-state index in [2.05, 4.69) is 21.2 Å². The lowest BCUT2D eigenvalue weighted by Gasteiger charge is -2.26. The lowest BCUT2D eigenvalue weighted by molar-refractivity contribution is -0.122. The van der Waals surface area contributed by atoms with Crippen molar-refractivity contribution in [3.8, 4) is 11.5 Å². The van der Waals surface area contributed by atoms with E-state index in [4.69, 9.17) is 9.47 Å². The van der Waals surface area contributed by atoms with E-state index in [1.165, 1.54) is 19.3 Å². The zero-order chi connectivity index (χ0) is 24.2. The van der Waals surface area contributed by atoms with Crippen molar-refractivity contribution in [2.75, 3.05) is 12.0 Å². The van der Waals surface area contributed by atoms with Crippen LogP contribution >= 0.6 is 15.9 Å². The predicted molar refractivity (Wildman–Crippen MR) is 127 cm³/mol. The number of hydrogen-bond donors (Lipinski definition) is 1. The summed E-state index contributed by atoms with van der Waals surface area (Å²) < 4.78 is 25.7. The summed E-state index contributed by atoms with van der Waals surface area (Å²) >= 11 is 3.30. The quantitative estimate of drug-likeness (QED) is 0.368. The molecule has 0 aliphatic carbocycles. The molecular weight excluding hydrogens is 507 g/mol. The zero-order valence-corrected chi connectivity index (χ0v) is 19.5. The molecule has 3 aromatic carbocycles. The smallest absolute Gasteiger partial charge is 0.335 e. The molecule has 34 heavy (non-hydrogen) atoms. The fourth-order valence-electron chi connectivity index (χ4n) is 3.31. The molecule has 1 aliphatic rings. The molecule has 9 heteroatoms. The fraction of sp³-hybridized carbons (Fsp3) is 0.0800. The number of rotatable bonds is 6. The van der Waals surface area contributed by atoms with Crippen LogP contribution in [0.4, 0.5) is 14.9 Å². The highest BCUT2D eigenvalue weighted by Crippen LogP contribution is 2.31. The average molecular weight is 525 g/mol. The van der Waals surface area contributed by atoms with Crippen molar-refractivity contribution >= 4 is 45.5 Å². The Hall–Kier alpha value is -3.98. The van der Waals surface area contributed by atoms with Crippen molar-refractivity contribution in [1.29, 1.82) is 0 Å². The van der Waals surface area contributed by atoms with Crippen molar-refractivity contribution in [3.05, 3.63) is 93.7 Å². The molecule has 0 unspecified atom stereocenters. The average Bonchev–Trinajstić information content (AvgIpc) is 2.82. The maximum atomic E-state index is 13.9. The van der Waals surface area contributed by atoms with Crippen LogP contribution in [0.3, 0.4) is 0 Å². The Labute approximate surface area is 202 Å². The Morgan fingerprint density at radius 3 is 2.44 bits per heavy atom. The number of anilines is 1. The maximum absolute atomic E-state index is 13.9. The highest BCUT2D eigenvalue weighted by atomic mass is 79.9. The molecular formula is C25H18BrFN2O5. The van der Waals surface area contributed by atoms with Gasteiger partial charge in [0.2, 0.25) is 0 Å². The van der Waals surface area contributed by atoms with Gasteiger partial charge in [0.25, 0.3) is 11.8 Å². The Morgan fingerprint density at radius 1 is 1.00 bits per heavy atom. The van der Waals surface area contributed by atoms with E-state index < -0.39 is 17.8 Å². The molecule has 0 radical (unpaired) electrons. The number of halogens is 2. The lowest BCUT2D eigenvalue weighted by atomic mass is 10.1. The van der Waals surface area contributed by atoms with E-state index in [1.807, 2.05) is 0 Å². The van der Waals surface area contributed by atoms with E-state index >= 15 is 0 Å². The number of nitrogens with zero attached hydrogens (tertiary/aromatic N) is 1. The third-order valence-electron chi connectivity index (χ3n) is 5.03. The fourth-order valence-corrected chi connectivity index (χ4v) is 3.58. The monoisotopic (exact) mass is 524 g/mol. The molecule has 0 spiro atoms. The van der Waals surface area contributed by atoms with Crippen LogP contribution in [-0.2, 0) is 16.2 Å². The number of methoxy groups -OCH3 is 1. The number of ether oxygens (including phenoxy) is 2. The van der Waals surface area contributed by atoms with Gasteiger partial charge >= 0.3 is 6.03 Å². The first-order chi connectivity index (χ1) is 16.4. The van der Waals surface area contributed by atoms with Crippen molar-refractivity contribution < 1.29 is 28.2 Å². The molecule has 1 fully saturated rings. The highest BCUT2D eigenvalue weighted by Gasteiger charge is 2.36. The van der Waals surface area contributed by atoms with Crippen LogP contribution in [-0.4, -0.2) is 25.0 Å². The number of barbiturate groups is 1. The predicted octanol–water partition coefficient (Wildman–Crippen LogP) is 4.84. The zero-order valence-electron chi connectivity index (χ0n) is 17.9. The van der Waals surface area contributed by atoms with Gasteiger partial charge < -0.3 is 9.47 Å². The highest BCUT2D eigenvalue weighted by molar-refractivity contribution is 9.10. The summed E-state index contributed by atoms with van der Waals surface area (Å²) in [6, 6.07) is 16.8. The van der Waals surface area contributed by atoms with E-state index in [0.717, 1.165) is 9.37 Å². The van der Waals surface area contributed by atoms with Gasteiger partial charge in [0.15, 0.2) is 11.5 Å². The van der Waals surface area contributed by atoms with E-state index in [-0.39, 0.29) is 18.0 Å². The van der Waals surface area contributed by atoms with Gasteiger partial charge in [-0.25, -0.2) is 14.1 Å². The molecule has 0 atom stereocenters. The molecule has 3 aromatic rings. The summed E-state index contributed by atoms with van der Waals surface area (Å²) in [5.74, 6) is -1.25. The van der Waals surface area contributed by atoms with Gasteiger partial charge in [-0.15, -0.1) is 0 Å². The van der Waals surface area contributed by atoms with Gasteiger partial charge in [0.1, 0.15) is 18.0 Å². The van der Waals surface area contributed by atoms with Gasteiger partial charge in [-0.3, -0.25) is 14.9 Å². The van der Waals surface area contributed by atoms with Crippen LogP contribution in [0.1, 0.15) is 11.1 Å². The molecule has 1 heterocycles. The first-order valence-corrected chi connectivity index (χ1v) is 10.9. The van der Waals surface area contributed by atoms with E-state index in [1.54, 1.807) is 60.7 Å². The number of nitrogens with one attached hydrogen (secondary N) is 1. The van der Waals surface area contributed by atoms with Crippen LogP contribution in [0, 0.1) is 5.82 Å². The van der Waals surface area contributed by atoms with Crippen LogP contribution < -0.4 is 19.7 Å². The first kappa shape index (κ1) is 23.2. The van der Waals surface area contributed by atoms with Crippen LogP contribution in [0.5, 0.6) is 11.5 Å². The normalized spacial score (nSPS) is 14.9. The number of carbonyl (C=O) groups is 3. The largest absolute Gasteiger partial charge is 0.493 e. The Kier molecular flexibility index (Phi) is 6.74. The van der Waals surface area contributed by atoms with E-state index in [9.17, 15) is 18.8 Å². The van der Waals surface area contributed by atoms with Crippen molar-refractivity contribution in [2.24, 2.45) is 0 Å². The summed E-state index contributed by atoms with van der Waals surface area (Å²) in [6.07, 6.45) is 1.36. The molecule has 0 aromatic heterocycles. The standard InChI is InChI=1S/C25H18BrFN2O5/c1-33-22-13-15(6-11-21(22)34-14-16-4-2-3-5-20(16)27)12-19-23(30)28-25(32)29(24(19)31)18-9-7-17(26)8-10-18/h2-13H,14H2,1H3,(H,28,30,32). The number of carbonyl (C=O) groups excluding carboxylic acids is 3. The van der Waals surface area contributed by atoms with Gasteiger partial charge in [0.05, 0.1) is 12.8 Å². The molecule has 0 saturated carbocycles. The second-order valence-corrected chi connectivity index (χ2v) is 8.14. The minimum absolute atomic E-state index is 0.00533. The second kappa shape index (κ2) is 9.88. The van der Waals surface area contributed by atoms with Crippen molar-refractivity contribution in [3.63, 3.8) is 0 Å². The van der Waals surface area contributed by atoms with Crippen molar-refractivity contribution in [1.82, 2.24) is 5.32 Å². The number of imide groups is 2. The third kappa shape index (κ3) is 4.84. The van der Waals surface area contributed by atoms with Gasteiger partial charge in [-0.2, -0.15) is 0 Å². The van der Waals surface area contributed by atoms with Crippen LogP contribution in [0.25, 0.3) is 6.08 Å².